The second-order valence-corrected chi connectivity index (χ2v) is 6.88. The van der Waals surface area contributed by atoms with Crippen molar-refractivity contribution in [2.24, 2.45) is 0 Å². The molecule has 0 spiro atoms. The predicted molar refractivity (Wildman–Crippen MR) is 101 cm³/mol. The molecule has 1 aliphatic heterocycles. The summed E-state index contributed by atoms with van der Waals surface area (Å²) in [7, 11) is 0. The first kappa shape index (κ1) is 17.8. The molecular formula is C20H23N5O2. The van der Waals surface area contributed by atoms with E-state index in [4.69, 9.17) is 4.52 Å². The number of hydrogen-bond donors (Lipinski definition) is 1. The van der Waals surface area contributed by atoms with Gasteiger partial charge in [0.05, 0.1) is 18.8 Å². The van der Waals surface area contributed by atoms with Crippen LogP contribution < -0.4 is 0 Å². The van der Waals surface area contributed by atoms with Crippen LogP contribution in [0.1, 0.15) is 31.0 Å². The summed E-state index contributed by atoms with van der Waals surface area (Å²) >= 11 is 0. The molecule has 4 rings (SSSR count). The molecule has 0 unspecified atom stereocenters. The zero-order chi connectivity index (χ0) is 18.6. The fourth-order valence-electron chi connectivity index (χ4n) is 3.49. The Labute approximate surface area is 158 Å². The van der Waals surface area contributed by atoms with Crippen LogP contribution in [-0.4, -0.2) is 49.3 Å². The summed E-state index contributed by atoms with van der Waals surface area (Å²) in [4.78, 5) is 15.3. The largest absolute Gasteiger partial charge is 0.395 e. The van der Waals surface area contributed by atoms with Crippen molar-refractivity contribution in [3.8, 4) is 22.6 Å². The summed E-state index contributed by atoms with van der Waals surface area (Å²) in [5.74, 6) is 1.91. The van der Waals surface area contributed by atoms with Crippen LogP contribution in [-0.2, 0) is 6.54 Å². The van der Waals surface area contributed by atoms with E-state index in [0.717, 1.165) is 48.5 Å². The topological polar surface area (TPSA) is 88.2 Å². The van der Waals surface area contributed by atoms with Crippen molar-refractivity contribution in [3.63, 3.8) is 0 Å². The highest BCUT2D eigenvalue weighted by Crippen LogP contribution is 2.23. The van der Waals surface area contributed by atoms with Crippen molar-refractivity contribution in [1.82, 2.24) is 25.0 Å². The second-order valence-electron chi connectivity index (χ2n) is 6.88. The van der Waals surface area contributed by atoms with E-state index in [1.165, 1.54) is 0 Å². The Morgan fingerprint density at radius 2 is 1.93 bits per heavy atom. The molecule has 1 N–H and O–H groups in total. The molecule has 1 aromatic carbocycles. The number of likely N-dealkylation sites (tertiary alicyclic amines) is 1. The number of aryl methyl sites for hydroxylation is 1. The quantitative estimate of drug-likeness (QED) is 0.744. The molecule has 1 aliphatic rings. The maximum absolute atomic E-state index is 9.54. The summed E-state index contributed by atoms with van der Waals surface area (Å²) in [5, 5.41) is 13.7. The van der Waals surface area contributed by atoms with Crippen LogP contribution >= 0.6 is 0 Å². The van der Waals surface area contributed by atoms with Gasteiger partial charge in [-0.25, -0.2) is 9.97 Å². The van der Waals surface area contributed by atoms with Gasteiger partial charge in [-0.1, -0.05) is 35.8 Å². The first-order valence-electron chi connectivity index (χ1n) is 9.31. The summed E-state index contributed by atoms with van der Waals surface area (Å²) in [6.45, 7) is 3.58. The number of aliphatic hydroxyl groups excluding tert-OH is 1. The van der Waals surface area contributed by atoms with Crippen LogP contribution in [0.25, 0.3) is 22.6 Å². The fraction of sp³-hybridized carbons (Fsp3) is 0.400. The van der Waals surface area contributed by atoms with E-state index in [1.54, 1.807) is 6.20 Å². The van der Waals surface area contributed by atoms with Gasteiger partial charge in [-0.2, -0.15) is 4.98 Å². The molecule has 7 nitrogen and oxygen atoms in total. The molecule has 1 fully saturated rings. The summed E-state index contributed by atoms with van der Waals surface area (Å²) in [5.41, 5.74) is 2.81. The van der Waals surface area contributed by atoms with Gasteiger partial charge in [-0.15, -0.1) is 0 Å². The number of benzene rings is 1. The van der Waals surface area contributed by atoms with Crippen molar-refractivity contribution >= 4 is 0 Å². The van der Waals surface area contributed by atoms with E-state index in [0.29, 0.717) is 18.3 Å². The average molecular weight is 365 g/mol. The Morgan fingerprint density at radius 1 is 1.11 bits per heavy atom. The number of piperidine rings is 1. The summed E-state index contributed by atoms with van der Waals surface area (Å²) < 4.78 is 5.44. The molecule has 0 saturated carbocycles. The average Bonchev–Trinajstić information content (AvgIpc) is 3.17. The summed E-state index contributed by atoms with van der Waals surface area (Å²) in [6, 6.07) is 10.0. The minimum atomic E-state index is 0.172. The zero-order valence-electron chi connectivity index (χ0n) is 15.4. The van der Waals surface area contributed by atoms with E-state index in [1.807, 2.05) is 37.3 Å². The van der Waals surface area contributed by atoms with Crippen LogP contribution in [0.4, 0.5) is 0 Å². The molecule has 3 heterocycles. The van der Waals surface area contributed by atoms with Crippen LogP contribution in [0, 0.1) is 6.92 Å². The van der Waals surface area contributed by atoms with Crippen LogP contribution in [0.2, 0.25) is 0 Å². The third-order valence-corrected chi connectivity index (χ3v) is 4.98. The SMILES string of the molecule is Cc1nccc(-c2ccc(-c3noc(CN4CCCC[C@H]4CO)n3)cc2)n1. The fourth-order valence-corrected chi connectivity index (χ4v) is 3.49. The van der Waals surface area contributed by atoms with Gasteiger partial charge in [-0.3, -0.25) is 4.90 Å². The van der Waals surface area contributed by atoms with Crippen LogP contribution in [0.3, 0.4) is 0 Å². The lowest BCUT2D eigenvalue weighted by molar-refractivity contribution is 0.0749. The van der Waals surface area contributed by atoms with Gasteiger partial charge in [0.15, 0.2) is 0 Å². The van der Waals surface area contributed by atoms with E-state index in [-0.39, 0.29) is 12.6 Å². The lowest BCUT2D eigenvalue weighted by atomic mass is 10.0. The van der Waals surface area contributed by atoms with Gasteiger partial charge >= 0.3 is 0 Å². The highest BCUT2D eigenvalue weighted by Gasteiger charge is 2.23. The number of hydrogen-bond acceptors (Lipinski definition) is 7. The Kier molecular flexibility index (Phi) is 5.22. The van der Waals surface area contributed by atoms with Crippen LogP contribution in [0.15, 0.2) is 41.1 Å². The van der Waals surface area contributed by atoms with Gasteiger partial charge < -0.3 is 9.63 Å². The molecule has 0 amide bonds. The molecule has 7 heteroatoms. The van der Waals surface area contributed by atoms with E-state index < -0.39 is 0 Å². The van der Waals surface area contributed by atoms with Crippen molar-refractivity contribution in [3.05, 3.63) is 48.2 Å². The van der Waals surface area contributed by atoms with E-state index in [9.17, 15) is 5.11 Å². The Morgan fingerprint density at radius 3 is 2.70 bits per heavy atom. The molecule has 27 heavy (non-hydrogen) atoms. The normalized spacial score (nSPS) is 17.9. The number of aromatic nitrogens is 4. The van der Waals surface area contributed by atoms with Gasteiger partial charge in [0.2, 0.25) is 11.7 Å². The maximum Gasteiger partial charge on any atom is 0.241 e. The Hall–Kier alpha value is -2.64. The van der Waals surface area contributed by atoms with E-state index in [2.05, 4.69) is 25.0 Å². The second kappa shape index (κ2) is 7.94. The summed E-state index contributed by atoms with van der Waals surface area (Å²) in [6.07, 6.45) is 5.08. The maximum atomic E-state index is 9.54. The lowest BCUT2D eigenvalue weighted by Crippen LogP contribution is -2.41. The van der Waals surface area contributed by atoms with Crippen molar-refractivity contribution in [2.75, 3.05) is 13.2 Å². The van der Waals surface area contributed by atoms with E-state index >= 15 is 0 Å². The minimum absolute atomic E-state index is 0.172. The Bertz CT molecular complexity index is 893. The monoisotopic (exact) mass is 365 g/mol. The van der Waals surface area contributed by atoms with Gasteiger partial charge in [0, 0.05) is 23.4 Å². The van der Waals surface area contributed by atoms with Crippen molar-refractivity contribution in [1.29, 1.82) is 0 Å². The first-order valence-corrected chi connectivity index (χ1v) is 9.31. The molecule has 0 bridgehead atoms. The number of nitrogens with zero attached hydrogens (tertiary/aromatic N) is 5. The number of rotatable bonds is 5. The highest BCUT2D eigenvalue weighted by atomic mass is 16.5. The zero-order valence-corrected chi connectivity index (χ0v) is 15.4. The third kappa shape index (κ3) is 4.04. The third-order valence-electron chi connectivity index (χ3n) is 4.98. The molecule has 1 saturated heterocycles. The van der Waals surface area contributed by atoms with Crippen molar-refractivity contribution in [2.45, 2.75) is 38.8 Å². The number of aliphatic hydroxyl groups is 1. The van der Waals surface area contributed by atoms with Crippen molar-refractivity contribution < 1.29 is 9.63 Å². The molecule has 1 atom stereocenters. The molecule has 2 aromatic heterocycles. The highest BCUT2D eigenvalue weighted by molar-refractivity contribution is 5.64. The van der Waals surface area contributed by atoms with Crippen LogP contribution in [0.5, 0.6) is 0 Å². The molecular weight excluding hydrogens is 342 g/mol. The standard InChI is InChI=1S/C20H23N5O2/c1-14-21-10-9-18(22-14)15-5-7-16(8-6-15)20-23-19(27-24-20)12-25-11-3-2-4-17(25)13-26/h5-10,17,26H,2-4,11-13H2,1H3/t17-/m0/s1. The first-order chi connectivity index (χ1) is 13.2. The molecule has 3 aromatic rings. The van der Waals surface area contributed by atoms with Gasteiger partial charge in [0.1, 0.15) is 5.82 Å². The minimum Gasteiger partial charge on any atom is -0.395 e. The van der Waals surface area contributed by atoms with Gasteiger partial charge in [-0.05, 0) is 32.4 Å². The smallest absolute Gasteiger partial charge is 0.241 e. The molecule has 140 valence electrons. The molecule has 0 aliphatic carbocycles. The predicted octanol–water partition coefficient (Wildman–Crippen LogP) is 2.85. The Balaban J connectivity index is 1.48. The molecule has 0 radical (unpaired) electrons. The van der Waals surface area contributed by atoms with Gasteiger partial charge in [0.25, 0.3) is 0 Å². The lowest BCUT2D eigenvalue weighted by Gasteiger charge is -2.33.